The van der Waals surface area contributed by atoms with Gasteiger partial charge in [0.05, 0.1) is 21.8 Å². The van der Waals surface area contributed by atoms with Crippen LogP contribution in [0, 0.1) is 5.92 Å². The average molecular weight is 389 g/mol. The molecular formula is C19H36N2O4S. The van der Waals surface area contributed by atoms with E-state index in [-0.39, 0.29) is 28.4 Å². The van der Waals surface area contributed by atoms with E-state index in [0.717, 1.165) is 19.3 Å². The van der Waals surface area contributed by atoms with Crippen molar-refractivity contribution >= 4 is 17.1 Å². The summed E-state index contributed by atoms with van der Waals surface area (Å²) in [6.07, 6.45) is 3.06. The molecule has 6 nitrogen and oxygen atoms in total. The molecule has 2 fully saturated rings. The van der Waals surface area contributed by atoms with Crippen molar-refractivity contribution in [1.82, 2.24) is 9.62 Å². The smallest absolute Gasteiger partial charge is 0.410 e. The second kappa shape index (κ2) is 7.76. The van der Waals surface area contributed by atoms with E-state index in [0.29, 0.717) is 25.9 Å². The molecule has 7 heteroatoms. The van der Waals surface area contributed by atoms with Gasteiger partial charge in [0.2, 0.25) is 0 Å². The minimum absolute atomic E-state index is 0.203. The summed E-state index contributed by atoms with van der Waals surface area (Å²) in [4.78, 5) is 14.2. The Labute approximate surface area is 160 Å². The van der Waals surface area contributed by atoms with E-state index in [1.165, 1.54) is 0 Å². The van der Waals surface area contributed by atoms with Crippen LogP contribution in [0.3, 0.4) is 0 Å². The maximum Gasteiger partial charge on any atom is 0.410 e. The van der Waals surface area contributed by atoms with Gasteiger partial charge in [0.25, 0.3) is 0 Å². The molecular weight excluding hydrogens is 352 g/mol. The van der Waals surface area contributed by atoms with Crippen molar-refractivity contribution in [1.29, 1.82) is 0 Å². The average Bonchev–Trinajstić information content (AvgIpc) is 2.72. The second-order valence-electron chi connectivity index (χ2n) is 9.79. The van der Waals surface area contributed by atoms with Crippen molar-refractivity contribution in [3.63, 3.8) is 0 Å². The van der Waals surface area contributed by atoms with Crippen LogP contribution in [0.5, 0.6) is 0 Å². The van der Waals surface area contributed by atoms with Crippen LogP contribution in [0.15, 0.2) is 0 Å². The lowest BCUT2D eigenvalue weighted by atomic mass is 9.80. The highest BCUT2D eigenvalue weighted by Crippen LogP contribution is 2.43. The molecule has 0 aromatic heterocycles. The van der Waals surface area contributed by atoms with Crippen molar-refractivity contribution in [2.24, 2.45) is 5.92 Å². The third kappa shape index (κ3) is 5.42. The predicted molar refractivity (Wildman–Crippen MR) is 104 cm³/mol. The molecule has 1 heterocycles. The Morgan fingerprint density at radius 1 is 1.23 bits per heavy atom. The number of nitrogens with one attached hydrogen (secondary N) is 1. The van der Waals surface area contributed by atoms with Crippen molar-refractivity contribution in [2.75, 3.05) is 13.1 Å². The van der Waals surface area contributed by atoms with Crippen LogP contribution >= 0.6 is 0 Å². The zero-order valence-electron chi connectivity index (χ0n) is 17.1. The summed E-state index contributed by atoms with van der Waals surface area (Å²) in [6, 6.07) is 0. The number of carbonyl (C=O) groups excluding carboxylic acids is 1. The van der Waals surface area contributed by atoms with Crippen molar-refractivity contribution in [3.8, 4) is 0 Å². The molecule has 1 saturated carbocycles. The van der Waals surface area contributed by atoms with Gasteiger partial charge in [-0.2, -0.15) is 0 Å². The topological polar surface area (TPSA) is 78.9 Å². The van der Waals surface area contributed by atoms with Crippen molar-refractivity contribution < 1.29 is 18.8 Å². The summed E-state index contributed by atoms with van der Waals surface area (Å²) in [5.74, 6) is 0.203. The molecule has 2 aliphatic rings. The molecule has 4 atom stereocenters. The van der Waals surface area contributed by atoms with Crippen LogP contribution in [0.2, 0.25) is 0 Å². The fourth-order valence-corrected chi connectivity index (χ4v) is 4.98. The Morgan fingerprint density at radius 3 is 2.46 bits per heavy atom. The van der Waals surface area contributed by atoms with Crippen LogP contribution in [0.25, 0.3) is 0 Å². The molecule has 0 bridgehead atoms. The molecule has 0 spiro atoms. The van der Waals surface area contributed by atoms with E-state index in [1.807, 2.05) is 41.5 Å². The van der Waals surface area contributed by atoms with Gasteiger partial charge in [-0.05, 0) is 79.6 Å². The van der Waals surface area contributed by atoms with Gasteiger partial charge in [0.1, 0.15) is 5.60 Å². The van der Waals surface area contributed by atoms with E-state index in [1.54, 1.807) is 4.90 Å². The monoisotopic (exact) mass is 388 g/mol. The lowest BCUT2D eigenvalue weighted by Gasteiger charge is -2.41. The fourth-order valence-electron chi connectivity index (χ4n) is 3.96. The number of fused-ring (bicyclic) bond motifs is 1. The van der Waals surface area contributed by atoms with Gasteiger partial charge in [-0.25, -0.2) is 13.7 Å². The Hall–Kier alpha value is -0.660. The first-order valence-corrected chi connectivity index (χ1v) is 10.8. The molecule has 1 aliphatic heterocycles. The van der Waals surface area contributed by atoms with Crippen LogP contribution in [0.1, 0.15) is 73.6 Å². The van der Waals surface area contributed by atoms with Gasteiger partial charge in [-0.1, -0.05) is 0 Å². The molecule has 2 N–H and O–H groups in total. The van der Waals surface area contributed by atoms with Gasteiger partial charge < -0.3 is 14.7 Å². The van der Waals surface area contributed by atoms with Gasteiger partial charge >= 0.3 is 6.09 Å². The van der Waals surface area contributed by atoms with E-state index < -0.39 is 16.6 Å². The van der Waals surface area contributed by atoms with E-state index in [9.17, 15) is 14.1 Å². The first-order valence-electron chi connectivity index (χ1n) is 9.68. The number of nitrogens with zero attached hydrogens (tertiary/aromatic N) is 1. The summed E-state index contributed by atoms with van der Waals surface area (Å²) < 4.78 is 21.3. The minimum Gasteiger partial charge on any atom is -0.444 e. The number of amides is 1. The first-order chi connectivity index (χ1) is 11.8. The minimum atomic E-state index is -1.18. The molecule has 1 saturated heterocycles. The highest BCUT2D eigenvalue weighted by molar-refractivity contribution is 7.84. The number of hydrogen-bond acceptors (Lipinski definition) is 4. The molecule has 1 amide bonds. The molecule has 152 valence electrons. The number of likely N-dealkylation sites (tertiary alicyclic amines) is 1. The Kier molecular flexibility index (Phi) is 6.46. The molecule has 0 aromatic carbocycles. The number of carbonyl (C=O) groups is 1. The van der Waals surface area contributed by atoms with Gasteiger partial charge in [0, 0.05) is 18.6 Å². The fraction of sp³-hybridized carbons (Fsp3) is 0.947. The highest BCUT2D eigenvalue weighted by atomic mass is 32.2. The zero-order chi connectivity index (χ0) is 19.8. The summed E-state index contributed by atoms with van der Waals surface area (Å²) in [5, 5.41) is 10.3. The molecule has 0 aromatic rings. The van der Waals surface area contributed by atoms with Gasteiger partial charge in [-0.3, -0.25) is 0 Å². The number of hydrogen-bond donors (Lipinski definition) is 2. The van der Waals surface area contributed by atoms with Crippen LogP contribution < -0.4 is 4.72 Å². The molecule has 1 aliphatic carbocycles. The summed E-state index contributed by atoms with van der Waals surface area (Å²) >= 11 is 0. The normalized spacial score (nSPS) is 31.7. The SMILES string of the molecule is CC(C)(C)OC(=O)N1CCC[C@@]2(N[S@@](=O)C(C)(C)C)C[C@@H](O)CC2CC1. The maximum atomic E-state index is 12.7. The lowest BCUT2D eigenvalue weighted by Crippen LogP contribution is -2.54. The maximum absolute atomic E-state index is 12.7. The van der Waals surface area contributed by atoms with Gasteiger partial charge in [-0.15, -0.1) is 0 Å². The third-order valence-corrected chi connectivity index (χ3v) is 6.94. The molecule has 0 radical (unpaired) electrons. The molecule has 2 rings (SSSR count). The number of aliphatic hydroxyl groups is 1. The van der Waals surface area contributed by atoms with Crippen LogP contribution in [0.4, 0.5) is 4.79 Å². The molecule has 26 heavy (non-hydrogen) atoms. The first kappa shape index (κ1) is 21.6. The van der Waals surface area contributed by atoms with Crippen LogP contribution in [-0.2, 0) is 15.7 Å². The summed E-state index contributed by atoms with van der Waals surface area (Å²) in [7, 11) is -1.18. The summed E-state index contributed by atoms with van der Waals surface area (Å²) in [6.45, 7) is 12.7. The van der Waals surface area contributed by atoms with Gasteiger partial charge in [0.15, 0.2) is 0 Å². The summed E-state index contributed by atoms with van der Waals surface area (Å²) in [5.41, 5.74) is -0.810. The van der Waals surface area contributed by atoms with E-state index >= 15 is 0 Å². The van der Waals surface area contributed by atoms with E-state index in [2.05, 4.69) is 4.72 Å². The standard InChI is InChI=1S/C19H36N2O4S/c1-17(2,3)25-16(23)21-10-7-9-19(20-26(24)18(4,5)6)13-15(22)12-14(19)8-11-21/h14-15,20,22H,7-13H2,1-6H3/t14?,15-,19+,26-/m0/s1. The second-order valence-corrected chi connectivity index (χ2v) is 11.8. The Balaban J connectivity index is 2.10. The van der Waals surface area contributed by atoms with Crippen LogP contribution in [-0.4, -0.2) is 55.4 Å². The number of aliphatic hydroxyl groups excluding tert-OH is 1. The number of ether oxygens (including phenoxy) is 1. The number of rotatable bonds is 2. The predicted octanol–water partition coefficient (Wildman–Crippen LogP) is 2.97. The Morgan fingerprint density at radius 2 is 1.88 bits per heavy atom. The largest absolute Gasteiger partial charge is 0.444 e. The highest BCUT2D eigenvalue weighted by Gasteiger charge is 2.49. The van der Waals surface area contributed by atoms with Crippen molar-refractivity contribution in [3.05, 3.63) is 0 Å². The quantitative estimate of drug-likeness (QED) is 0.762. The lowest BCUT2D eigenvalue weighted by molar-refractivity contribution is 0.0203. The zero-order valence-corrected chi connectivity index (χ0v) is 17.9. The molecule has 1 unspecified atom stereocenters. The third-order valence-electron chi connectivity index (χ3n) is 5.24. The van der Waals surface area contributed by atoms with E-state index in [4.69, 9.17) is 4.74 Å². The van der Waals surface area contributed by atoms with Crippen molar-refractivity contribution in [2.45, 2.75) is 95.6 Å². The Bertz CT molecular complexity index is 541.